The Morgan fingerprint density at radius 1 is 1.23 bits per heavy atom. The number of imidazole rings is 1. The highest BCUT2D eigenvalue weighted by Crippen LogP contribution is 2.26. The number of ether oxygens (including phenoxy) is 1. The van der Waals surface area contributed by atoms with Crippen LogP contribution in [0.2, 0.25) is 0 Å². The number of para-hydroxylation sites is 1. The van der Waals surface area contributed by atoms with Crippen LogP contribution in [0.15, 0.2) is 42.5 Å². The number of aromatic nitrogens is 2. The smallest absolute Gasteiger partial charge is 0.411 e. The molecule has 7 nitrogen and oxygen atoms in total. The summed E-state index contributed by atoms with van der Waals surface area (Å²) in [5.41, 5.74) is 9.23. The highest BCUT2D eigenvalue weighted by molar-refractivity contribution is 5.95. The summed E-state index contributed by atoms with van der Waals surface area (Å²) in [6.07, 6.45) is -0.555. The van der Waals surface area contributed by atoms with Gasteiger partial charge in [0.25, 0.3) is 0 Å². The number of fused-ring (bicyclic) bond motifs is 1. The molecule has 0 radical (unpaired) electrons. The first-order chi connectivity index (χ1) is 10.7. The van der Waals surface area contributed by atoms with Crippen LogP contribution in [0.3, 0.4) is 0 Å². The summed E-state index contributed by atoms with van der Waals surface area (Å²) >= 11 is 0. The second kappa shape index (κ2) is 5.65. The molecule has 1 amide bonds. The van der Waals surface area contributed by atoms with Gasteiger partial charge < -0.3 is 20.8 Å². The quantitative estimate of drug-likeness (QED) is 0.556. The number of nitrogens with two attached hydrogens (primary N) is 1. The molecule has 112 valence electrons. The van der Waals surface area contributed by atoms with Gasteiger partial charge in [0.05, 0.1) is 18.3 Å². The first kappa shape index (κ1) is 13.7. The SMILES string of the molecule is COC(=O)Nc1cc(N)c2nc(Nc3ccccc3)[nH]c2c1. The Morgan fingerprint density at radius 3 is 2.73 bits per heavy atom. The molecular formula is C15H15N5O2. The minimum atomic E-state index is -0.555. The van der Waals surface area contributed by atoms with Gasteiger partial charge in [-0.1, -0.05) is 18.2 Å². The van der Waals surface area contributed by atoms with Crippen LogP contribution >= 0.6 is 0 Å². The molecule has 0 aliphatic rings. The van der Waals surface area contributed by atoms with Crippen molar-refractivity contribution < 1.29 is 9.53 Å². The van der Waals surface area contributed by atoms with E-state index in [1.165, 1.54) is 7.11 Å². The van der Waals surface area contributed by atoms with Crippen LogP contribution in [0.1, 0.15) is 0 Å². The largest absolute Gasteiger partial charge is 0.453 e. The number of methoxy groups -OCH3 is 1. The van der Waals surface area contributed by atoms with E-state index in [4.69, 9.17) is 5.73 Å². The number of nitrogen functional groups attached to an aromatic ring is 1. The first-order valence-electron chi connectivity index (χ1n) is 6.62. The number of carbonyl (C=O) groups is 1. The molecule has 0 fully saturated rings. The van der Waals surface area contributed by atoms with Crippen molar-refractivity contribution in [3.05, 3.63) is 42.5 Å². The number of nitrogens with zero attached hydrogens (tertiary/aromatic N) is 1. The molecule has 0 aliphatic heterocycles. The molecule has 5 N–H and O–H groups in total. The lowest BCUT2D eigenvalue weighted by Crippen LogP contribution is -2.11. The Hall–Kier alpha value is -3.22. The van der Waals surface area contributed by atoms with Crippen molar-refractivity contribution in [2.45, 2.75) is 0 Å². The average molecular weight is 297 g/mol. The van der Waals surface area contributed by atoms with Crippen molar-refractivity contribution in [1.82, 2.24) is 9.97 Å². The minimum absolute atomic E-state index is 0.460. The lowest BCUT2D eigenvalue weighted by molar-refractivity contribution is 0.187. The van der Waals surface area contributed by atoms with Gasteiger partial charge in [0.15, 0.2) is 0 Å². The van der Waals surface area contributed by atoms with Crippen LogP contribution in [0, 0.1) is 0 Å². The van der Waals surface area contributed by atoms with Gasteiger partial charge in [-0.25, -0.2) is 9.78 Å². The molecule has 0 unspecified atom stereocenters. The van der Waals surface area contributed by atoms with Crippen LogP contribution in [-0.4, -0.2) is 23.2 Å². The van der Waals surface area contributed by atoms with Gasteiger partial charge in [0.1, 0.15) is 5.52 Å². The Balaban J connectivity index is 1.92. The van der Waals surface area contributed by atoms with Crippen LogP contribution < -0.4 is 16.4 Å². The molecule has 0 aliphatic carbocycles. The maximum Gasteiger partial charge on any atom is 0.411 e. The monoisotopic (exact) mass is 297 g/mol. The number of hydrogen-bond acceptors (Lipinski definition) is 5. The first-order valence-corrected chi connectivity index (χ1v) is 6.62. The third kappa shape index (κ3) is 2.78. The highest BCUT2D eigenvalue weighted by Gasteiger charge is 2.10. The fourth-order valence-corrected chi connectivity index (χ4v) is 2.10. The van der Waals surface area contributed by atoms with Crippen molar-refractivity contribution in [3.63, 3.8) is 0 Å². The number of nitrogens with one attached hydrogen (secondary N) is 3. The molecule has 0 bridgehead atoms. The lowest BCUT2D eigenvalue weighted by atomic mass is 10.2. The van der Waals surface area contributed by atoms with Crippen molar-refractivity contribution in [1.29, 1.82) is 0 Å². The van der Waals surface area contributed by atoms with Gasteiger partial charge in [-0.3, -0.25) is 5.32 Å². The molecule has 1 aromatic heterocycles. The Morgan fingerprint density at radius 2 is 2.00 bits per heavy atom. The van der Waals surface area contributed by atoms with Gasteiger partial charge in [0.2, 0.25) is 5.95 Å². The highest BCUT2D eigenvalue weighted by atomic mass is 16.5. The van der Waals surface area contributed by atoms with E-state index in [0.29, 0.717) is 28.4 Å². The molecule has 7 heteroatoms. The number of hydrogen-bond donors (Lipinski definition) is 4. The summed E-state index contributed by atoms with van der Waals surface area (Å²) in [6, 6.07) is 13.0. The Labute approximate surface area is 126 Å². The Bertz CT molecular complexity index is 813. The fraction of sp³-hybridized carbons (Fsp3) is 0.0667. The van der Waals surface area contributed by atoms with E-state index in [-0.39, 0.29) is 0 Å². The molecule has 2 aromatic carbocycles. The number of amides is 1. The summed E-state index contributed by atoms with van der Waals surface area (Å²) in [7, 11) is 1.30. The average Bonchev–Trinajstić information content (AvgIpc) is 2.91. The normalized spacial score (nSPS) is 10.4. The van der Waals surface area contributed by atoms with Gasteiger partial charge in [-0.15, -0.1) is 0 Å². The van der Waals surface area contributed by atoms with Gasteiger partial charge in [0, 0.05) is 11.4 Å². The summed E-state index contributed by atoms with van der Waals surface area (Å²) in [4.78, 5) is 18.8. The standard InChI is InChI=1S/C15H15N5O2/c1-22-15(21)18-10-7-11(16)13-12(8-10)19-14(20-13)17-9-5-3-2-4-6-9/h2-8H,16H2,1H3,(H,18,21)(H2,17,19,20). The van der Waals surface area contributed by atoms with Gasteiger partial charge in [-0.2, -0.15) is 0 Å². The number of rotatable bonds is 3. The summed E-state index contributed by atoms with van der Waals surface area (Å²) in [5.74, 6) is 0.572. The fourth-order valence-electron chi connectivity index (χ4n) is 2.10. The zero-order valence-electron chi connectivity index (χ0n) is 11.9. The van der Waals surface area contributed by atoms with Crippen molar-refractivity contribution >= 4 is 40.1 Å². The van der Waals surface area contributed by atoms with Crippen molar-refractivity contribution in [3.8, 4) is 0 Å². The third-order valence-electron chi connectivity index (χ3n) is 3.08. The minimum Gasteiger partial charge on any atom is -0.453 e. The number of anilines is 4. The van der Waals surface area contributed by atoms with E-state index in [2.05, 4.69) is 25.3 Å². The van der Waals surface area contributed by atoms with E-state index in [9.17, 15) is 4.79 Å². The van der Waals surface area contributed by atoms with E-state index in [1.54, 1.807) is 12.1 Å². The van der Waals surface area contributed by atoms with Crippen LogP contribution in [-0.2, 0) is 4.74 Å². The second-order valence-corrected chi connectivity index (χ2v) is 4.65. The third-order valence-corrected chi connectivity index (χ3v) is 3.08. The number of carbonyl (C=O) groups excluding carboxylic acids is 1. The topological polar surface area (TPSA) is 105 Å². The Kier molecular flexibility index (Phi) is 3.53. The zero-order valence-corrected chi connectivity index (χ0v) is 11.9. The number of H-pyrrole nitrogens is 1. The maximum absolute atomic E-state index is 11.3. The molecule has 0 saturated carbocycles. The predicted molar refractivity (Wildman–Crippen MR) is 86.3 cm³/mol. The second-order valence-electron chi connectivity index (χ2n) is 4.65. The molecule has 1 heterocycles. The van der Waals surface area contributed by atoms with E-state index < -0.39 is 6.09 Å². The summed E-state index contributed by atoms with van der Waals surface area (Å²) in [5, 5.41) is 5.73. The molecule has 3 aromatic rings. The molecule has 0 saturated heterocycles. The molecule has 0 atom stereocenters. The number of benzene rings is 2. The van der Waals surface area contributed by atoms with Crippen LogP contribution in [0.5, 0.6) is 0 Å². The molecule has 3 rings (SSSR count). The van der Waals surface area contributed by atoms with Gasteiger partial charge >= 0.3 is 6.09 Å². The van der Waals surface area contributed by atoms with Crippen LogP contribution in [0.4, 0.5) is 27.8 Å². The van der Waals surface area contributed by atoms with E-state index >= 15 is 0 Å². The van der Waals surface area contributed by atoms with Gasteiger partial charge in [-0.05, 0) is 24.3 Å². The van der Waals surface area contributed by atoms with E-state index in [1.807, 2.05) is 30.3 Å². The maximum atomic E-state index is 11.3. The molecular weight excluding hydrogens is 282 g/mol. The lowest BCUT2D eigenvalue weighted by Gasteiger charge is -2.04. The van der Waals surface area contributed by atoms with Crippen molar-refractivity contribution in [2.24, 2.45) is 0 Å². The summed E-state index contributed by atoms with van der Waals surface area (Å²) < 4.78 is 4.56. The van der Waals surface area contributed by atoms with Crippen molar-refractivity contribution in [2.75, 3.05) is 23.5 Å². The van der Waals surface area contributed by atoms with Crippen LogP contribution in [0.25, 0.3) is 11.0 Å². The number of aromatic amines is 1. The summed E-state index contributed by atoms with van der Waals surface area (Å²) in [6.45, 7) is 0. The van der Waals surface area contributed by atoms with E-state index in [0.717, 1.165) is 5.69 Å². The predicted octanol–water partition coefficient (Wildman–Crippen LogP) is 3.07. The molecule has 0 spiro atoms. The zero-order chi connectivity index (χ0) is 15.5. The molecule has 22 heavy (non-hydrogen) atoms.